The second-order valence-electron chi connectivity index (χ2n) is 6.79. The molecule has 0 aromatic carbocycles. The molecule has 28 heavy (non-hydrogen) atoms. The summed E-state index contributed by atoms with van der Waals surface area (Å²) in [5.41, 5.74) is 4.35. The van der Waals surface area contributed by atoms with E-state index in [-0.39, 0.29) is 18.0 Å². The van der Waals surface area contributed by atoms with Crippen LogP contribution < -0.4 is 5.32 Å². The summed E-state index contributed by atoms with van der Waals surface area (Å²) < 4.78 is 1.82. The molecule has 0 radical (unpaired) electrons. The van der Waals surface area contributed by atoms with Crippen molar-refractivity contribution in [3.8, 4) is 0 Å². The van der Waals surface area contributed by atoms with Crippen LogP contribution in [0.4, 0.5) is 5.82 Å². The van der Waals surface area contributed by atoms with E-state index in [0.29, 0.717) is 12.0 Å². The lowest BCUT2D eigenvalue weighted by molar-refractivity contribution is -0.119. The minimum absolute atomic E-state index is 0.0843. The summed E-state index contributed by atoms with van der Waals surface area (Å²) in [5.74, 6) is 0.543. The average Bonchev–Trinajstić information content (AvgIpc) is 3.02. The molecule has 2 aliphatic heterocycles. The average molecular weight is 371 g/mol. The number of hydrogen-bond donors (Lipinski definition) is 1. The van der Waals surface area contributed by atoms with Crippen LogP contribution in [0.3, 0.4) is 0 Å². The molecule has 2 unspecified atom stereocenters. The standard InChI is InChI=1S/C22H21N5O/c1-4-7-16(5-2)19-11-17-13-24-21-18(10-15-8-6-9-23-12-15)14(3)26-27(21)20(17)25-22(19)28/h4-9,11-13,17,20H,1-2,10H2,3H3,(H,25,28)/b16-7+. The first-order valence-electron chi connectivity index (χ1n) is 9.11. The number of aromatic nitrogens is 3. The molecule has 2 aliphatic rings. The van der Waals surface area contributed by atoms with Crippen molar-refractivity contribution >= 4 is 17.9 Å². The van der Waals surface area contributed by atoms with E-state index in [4.69, 9.17) is 0 Å². The Hall–Kier alpha value is -3.54. The first kappa shape index (κ1) is 17.9. The van der Waals surface area contributed by atoms with Crippen molar-refractivity contribution in [3.63, 3.8) is 0 Å². The number of pyridine rings is 1. The van der Waals surface area contributed by atoms with E-state index >= 15 is 0 Å². The Balaban J connectivity index is 1.71. The first-order valence-corrected chi connectivity index (χ1v) is 9.11. The van der Waals surface area contributed by atoms with E-state index in [1.54, 1.807) is 24.4 Å². The normalized spacial score (nSPS) is 20.7. The molecule has 2 atom stereocenters. The predicted octanol–water partition coefficient (Wildman–Crippen LogP) is 3.36. The number of fused-ring (bicyclic) bond motifs is 3. The lowest BCUT2D eigenvalue weighted by atomic mass is 9.92. The summed E-state index contributed by atoms with van der Waals surface area (Å²) in [6, 6.07) is 3.95. The molecule has 0 fully saturated rings. The van der Waals surface area contributed by atoms with Gasteiger partial charge in [0.1, 0.15) is 6.17 Å². The van der Waals surface area contributed by atoms with Crippen molar-refractivity contribution in [2.75, 3.05) is 0 Å². The maximum absolute atomic E-state index is 12.7. The Labute approximate surface area is 163 Å². The molecular weight excluding hydrogens is 350 g/mol. The van der Waals surface area contributed by atoms with Crippen LogP contribution in [0.15, 0.2) is 78.1 Å². The molecule has 1 amide bonds. The van der Waals surface area contributed by atoms with Crippen molar-refractivity contribution < 1.29 is 4.79 Å². The smallest absolute Gasteiger partial charge is 0.253 e. The molecule has 6 nitrogen and oxygen atoms in total. The van der Waals surface area contributed by atoms with Gasteiger partial charge in [0.05, 0.1) is 11.6 Å². The van der Waals surface area contributed by atoms with Gasteiger partial charge in [-0.25, -0.2) is 9.67 Å². The quantitative estimate of drug-likeness (QED) is 0.819. The number of carbonyl (C=O) groups is 1. The number of rotatable bonds is 5. The van der Waals surface area contributed by atoms with E-state index in [9.17, 15) is 4.79 Å². The molecule has 2 aromatic heterocycles. The van der Waals surface area contributed by atoms with Crippen LogP contribution in [0.5, 0.6) is 0 Å². The number of carbonyl (C=O) groups excluding carboxylic acids is 1. The first-order chi connectivity index (χ1) is 13.6. The zero-order valence-corrected chi connectivity index (χ0v) is 15.7. The number of hydrogen-bond acceptors (Lipinski definition) is 4. The highest BCUT2D eigenvalue weighted by Gasteiger charge is 2.35. The van der Waals surface area contributed by atoms with Gasteiger partial charge in [-0.05, 0) is 24.1 Å². The SMILES string of the molecule is C=C/C=C(\C=C)C1=CC2C=Nc3c(Cc4cccnc4)c(C)nn3C2NC1=O. The fourth-order valence-electron chi connectivity index (χ4n) is 3.61. The Morgan fingerprint density at radius 1 is 1.39 bits per heavy atom. The topological polar surface area (TPSA) is 72.2 Å². The van der Waals surface area contributed by atoms with Gasteiger partial charge in [0, 0.05) is 36.2 Å². The van der Waals surface area contributed by atoms with Gasteiger partial charge < -0.3 is 5.32 Å². The van der Waals surface area contributed by atoms with Gasteiger partial charge in [0.25, 0.3) is 5.91 Å². The maximum atomic E-state index is 12.7. The van der Waals surface area contributed by atoms with Gasteiger partial charge in [0.2, 0.25) is 0 Å². The fraction of sp³-hybridized carbons (Fsp3) is 0.182. The Morgan fingerprint density at radius 3 is 2.96 bits per heavy atom. The van der Waals surface area contributed by atoms with Gasteiger partial charge in [-0.1, -0.05) is 43.5 Å². The summed E-state index contributed by atoms with van der Waals surface area (Å²) >= 11 is 0. The van der Waals surface area contributed by atoms with Gasteiger partial charge in [0.15, 0.2) is 5.82 Å². The molecule has 2 aromatic rings. The third-order valence-electron chi connectivity index (χ3n) is 4.99. The summed E-state index contributed by atoms with van der Waals surface area (Å²) in [4.78, 5) is 21.6. The van der Waals surface area contributed by atoms with Crippen LogP contribution in [0.2, 0.25) is 0 Å². The highest BCUT2D eigenvalue weighted by atomic mass is 16.2. The van der Waals surface area contributed by atoms with Gasteiger partial charge in [-0.3, -0.25) is 9.78 Å². The van der Waals surface area contributed by atoms with Crippen LogP contribution in [-0.4, -0.2) is 26.9 Å². The number of nitrogens with zero attached hydrogens (tertiary/aromatic N) is 4. The van der Waals surface area contributed by atoms with Crippen molar-refractivity contribution in [3.05, 3.63) is 90.0 Å². The minimum Gasteiger partial charge on any atom is -0.329 e. The number of nitrogens with one attached hydrogen (secondary N) is 1. The minimum atomic E-state index is -0.292. The Morgan fingerprint density at radius 2 is 2.25 bits per heavy atom. The number of amides is 1. The number of aliphatic imine (C=N–C) groups is 1. The summed E-state index contributed by atoms with van der Waals surface area (Å²) in [6.45, 7) is 9.46. The van der Waals surface area contributed by atoms with Crippen molar-refractivity contribution in [1.82, 2.24) is 20.1 Å². The van der Waals surface area contributed by atoms with Gasteiger partial charge in [-0.15, -0.1) is 0 Å². The van der Waals surface area contributed by atoms with Gasteiger partial charge >= 0.3 is 0 Å². The summed E-state index contributed by atoms with van der Waals surface area (Å²) in [6.07, 6.45) is 12.9. The molecule has 4 heterocycles. The third kappa shape index (κ3) is 3.03. The molecule has 6 heteroatoms. The van der Waals surface area contributed by atoms with E-state index < -0.39 is 0 Å². The number of allylic oxidation sites excluding steroid dienone is 3. The lowest BCUT2D eigenvalue weighted by Crippen LogP contribution is -2.43. The molecule has 1 N–H and O–H groups in total. The molecule has 0 saturated heterocycles. The van der Waals surface area contributed by atoms with Crippen molar-refractivity contribution in [2.45, 2.75) is 19.5 Å². The second kappa shape index (κ2) is 7.23. The zero-order valence-electron chi connectivity index (χ0n) is 15.7. The van der Waals surface area contributed by atoms with E-state index in [2.05, 4.69) is 33.5 Å². The summed E-state index contributed by atoms with van der Waals surface area (Å²) in [5, 5.41) is 7.75. The fourth-order valence-corrected chi connectivity index (χ4v) is 3.61. The van der Waals surface area contributed by atoms with Gasteiger partial charge in [-0.2, -0.15) is 5.10 Å². The highest BCUT2D eigenvalue weighted by Crippen LogP contribution is 2.36. The second-order valence-corrected chi connectivity index (χ2v) is 6.79. The molecule has 0 bridgehead atoms. The Kier molecular flexibility index (Phi) is 4.61. The molecule has 4 rings (SSSR count). The molecule has 140 valence electrons. The van der Waals surface area contributed by atoms with Crippen molar-refractivity contribution in [2.24, 2.45) is 10.9 Å². The maximum Gasteiger partial charge on any atom is 0.253 e. The van der Waals surface area contributed by atoms with Crippen molar-refractivity contribution in [1.29, 1.82) is 0 Å². The Bertz CT molecular complexity index is 1040. The zero-order chi connectivity index (χ0) is 19.7. The summed E-state index contributed by atoms with van der Waals surface area (Å²) in [7, 11) is 0. The van der Waals surface area contributed by atoms with E-state index in [1.807, 2.05) is 42.2 Å². The predicted molar refractivity (Wildman–Crippen MR) is 109 cm³/mol. The molecule has 0 saturated carbocycles. The largest absolute Gasteiger partial charge is 0.329 e. The van der Waals surface area contributed by atoms with Crippen LogP contribution in [0, 0.1) is 12.8 Å². The third-order valence-corrected chi connectivity index (χ3v) is 4.99. The van der Waals surface area contributed by atoms with Crippen LogP contribution in [0.1, 0.15) is 23.0 Å². The highest BCUT2D eigenvalue weighted by molar-refractivity contribution is 6.00. The lowest BCUT2D eigenvalue weighted by Gasteiger charge is -2.32. The van der Waals surface area contributed by atoms with E-state index in [0.717, 1.165) is 28.2 Å². The monoisotopic (exact) mass is 371 g/mol. The molecule has 0 aliphatic carbocycles. The van der Waals surface area contributed by atoms with Crippen LogP contribution in [-0.2, 0) is 11.2 Å². The molecule has 0 spiro atoms. The number of aryl methyl sites for hydroxylation is 1. The molecular formula is C22H21N5O. The van der Waals surface area contributed by atoms with Crippen LogP contribution >= 0.6 is 0 Å². The van der Waals surface area contributed by atoms with Crippen LogP contribution in [0.25, 0.3) is 0 Å². The van der Waals surface area contributed by atoms with E-state index in [1.165, 1.54) is 0 Å².